The second-order valence-electron chi connectivity index (χ2n) is 4.27. The molecule has 0 amide bonds. The molecular formula is C14H15Cl2FNOPTi. The van der Waals surface area contributed by atoms with Crippen molar-refractivity contribution in [3.8, 4) is 5.75 Å². The number of aromatic hydroxyl groups is 1. The van der Waals surface area contributed by atoms with E-state index in [2.05, 4.69) is 0 Å². The maximum absolute atomic E-state index is 13.3. The zero-order valence-corrected chi connectivity index (χ0v) is 15.6. The summed E-state index contributed by atoms with van der Waals surface area (Å²) in [5.74, 6) is 0.0365. The molecule has 1 unspecified atom stereocenters. The summed E-state index contributed by atoms with van der Waals surface area (Å²) >= 11 is -0.556. The van der Waals surface area contributed by atoms with Crippen molar-refractivity contribution in [1.29, 1.82) is 0 Å². The van der Waals surface area contributed by atoms with Gasteiger partial charge in [0.2, 0.25) is 0 Å². The Morgan fingerprint density at radius 2 is 1.71 bits per heavy atom. The topological polar surface area (TPSA) is 23.5 Å². The number of hydrogen-bond donors (Lipinski definition) is 1. The minimum absolute atomic E-state index is 0.246. The molecule has 0 spiro atoms. The SMILES string of the molecule is CN(C)c1cc(F)ccc1Pc1ccccc1O.[Cl][Ti][Cl]. The fourth-order valence-corrected chi connectivity index (χ4v) is 2.98. The van der Waals surface area contributed by atoms with Crippen molar-refractivity contribution in [1.82, 2.24) is 0 Å². The summed E-state index contributed by atoms with van der Waals surface area (Å²) in [5.41, 5.74) is 0.844. The number of phenols is 1. The quantitative estimate of drug-likeness (QED) is 0.648. The number of benzene rings is 2. The van der Waals surface area contributed by atoms with Gasteiger partial charge < -0.3 is 10.0 Å². The second-order valence-corrected chi connectivity index (χ2v) is 8.18. The second kappa shape index (κ2) is 9.66. The molecule has 2 rings (SSSR count). The zero-order chi connectivity index (χ0) is 15.8. The molecule has 0 radical (unpaired) electrons. The van der Waals surface area contributed by atoms with Gasteiger partial charge in [0, 0.05) is 30.4 Å². The Morgan fingerprint density at radius 3 is 2.29 bits per heavy atom. The Kier molecular flexibility index (Phi) is 8.62. The zero-order valence-electron chi connectivity index (χ0n) is 11.6. The van der Waals surface area contributed by atoms with Crippen LogP contribution < -0.4 is 15.5 Å². The fraction of sp³-hybridized carbons (Fsp3) is 0.143. The van der Waals surface area contributed by atoms with E-state index in [-0.39, 0.29) is 11.6 Å². The Bertz CT molecular complexity index is 587. The van der Waals surface area contributed by atoms with Crippen LogP contribution in [-0.4, -0.2) is 19.2 Å². The number of para-hydroxylation sites is 1. The van der Waals surface area contributed by atoms with E-state index in [4.69, 9.17) is 18.6 Å². The van der Waals surface area contributed by atoms with Gasteiger partial charge in [-0.05, 0) is 24.3 Å². The van der Waals surface area contributed by atoms with E-state index in [0.29, 0.717) is 8.58 Å². The molecule has 0 heterocycles. The van der Waals surface area contributed by atoms with Crippen LogP contribution in [0.2, 0.25) is 0 Å². The van der Waals surface area contributed by atoms with Gasteiger partial charge in [-0.2, -0.15) is 0 Å². The maximum atomic E-state index is 13.3. The first-order valence-corrected chi connectivity index (χ1v) is 11.3. The number of hydrogen-bond acceptors (Lipinski definition) is 2. The summed E-state index contributed by atoms with van der Waals surface area (Å²) < 4.78 is 13.3. The van der Waals surface area contributed by atoms with E-state index < -0.39 is 17.0 Å². The van der Waals surface area contributed by atoms with Crippen LogP contribution in [-0.2, 0) is 17.0 Å². The van der Waals surface area contributed by atoms with Crippen molar-refractivity contribution in [2.24, 2.45) is 0 Å². The van der Waals surface area contributed by atoms with Gasteiger partial charge in [0.05, 0.1) is 0 Å². The fourth-order valence-electron chi connectivity index (χ4n) is 1.70. The van der Waals surface area contributed by atoms with Gasteiger partial charge in [0.1, 0.15) is 11.6 Å². The third-order valence-electron chi connectivity index (χ3n) is 2.61. The molecule has 2 aromatic carbocycles. The molecule has 0 aliphatic rings. The van der Waals surface area contributed by atoms with Crippen LogP contribution in [0.1, 0.15) is 0 Å². The average Bonchev–Trinajstić information content (AvgIpc) is 2.44. The van der Waals surface area contributed by atoms with E-state index in [1.54, 1.807) is 18.2 Å². The summed E-state index contributed by atoms with van der Waals surface area (Å²) in [6, 6.07) is 12.0. The van der Waals surface area contributed by atoms with E-state index in [9.17, 15) is 9.50 Å². The van der Waals surface area contributed by atoms with Crippen LogP contribution in [0.4, 0.5) is 10.1 Å². The predicted octanol–water partition coefficient (Wildman–Crippen LogP) is 3.60. The molecular weight excluding hydrogens is 367 g/mol. The first-order valence-electron chi connectivity index (χ1n) is 5.97. The third-order valence-corrected chi connectivity index (χ3v) is 4.00. The summed E-state index contributed by atoms with van der Waals surface area (Å²) in [6.07, 6.45) is 0. The van der Waals surface area contributed by atoms with Crippen LogP contribution in [0.15, 0.2) is 42.5 Å². The molecule has 0 saturated heterocycles. The van der Waals surface area contributed by atoms with Crippen molar-refractivity contribution in [3.63, 3.8) is 0 Å². The van der Waals surface area contributed by atoms with Crippen molar-refractivity contribution < 1.29 is 26.5 Å². The van der Waals surface area contributed by atoms with E-state index in [1.165, 1.54) is 12.1 Å². The van der Waals surface area contributed by atoms with Gasteiger partial charge in [0.15, 0.2) is 0 Å². The van der Waals surface area contributed by atoms with Gasteiger partial charge in [0.25, 0.3) is 0 Å². The molecule has 1 atom stereocenters. The van der Waals surface area contributed by atoms with Crippen molar-refractivity contribution in [3.05, 3.63) is 48.3 Å². The van der Waals surface area contributed by atoms with Crippen molar-refractivity contribution in [2.45, 2.75) is 0 Å². The number of rotatable bonds is 3. The van der Waals surface area contributed by atoms with Crippen molar-refractivity contribution >= 4 is 43.5 Å². The molecule has 0 aliphatic carbocycles. The molecule has 0 bridgehead atoms. The average molecular weight is 382 g/mol. The summed E-state index contributed by atoms with van der Waals surface area (Å²) in [6.45, 7) is 0. The summed E-state index contributed by atoms with van der Waals surface area (Å²) in [4.78, 5) is 1.88. The molecule has 2 nitrogen and oxygen atoms in total. The van der Waals surface area contributed by atoms with Gasteiger partial charge in [-0.15, -0.1) is 0 Å². The molecule has 0 aromatic heterocycles. The van der Waals surface area contributed by atoms with Crippen LogP contribution in [0.25, 0.3) is 0 Å². The third kappa shape index (κ3) is 6.14. The number of halogens is 3. The Labute approximate surface area is 142 Å². The Morgan fingerprint density at radius 1 is 1.10 bits per heavy atom. The number of phenolic OH excluding ortho intramolecular Hbond substituents is 1. The van der Waals surface area contributed by atoms with E-state index in [0.717, 1.165) is 16.3 Å². The van der Waals surface area contributed by atoms with Crippen LogP contribution in [0, 0.1) is 5.82 Å². The first-order chi connectivity index (χ1) is 9.99. The van der Waals surface area contributed by atoms with Crippen molar-refractivity contribution in [2.75, 3.05) is 19.0 Å². The van der Waals surface area contributed by atoms with Crippen LogP contribution in [0.5, 0.6) is 5.75 Å². The van der Waals surface area contributed by atoms with Gasteiger partial charge >= 0.3 is 35.6 Å². The van der Waals surface area contributed by atoms with Gasteiger partial charge in [-0.3, -0.25) is 0 Å². The normalized spacial score (nSPS) is 10.1. The molecule has 0 fully saturated rings. The number of anilines is 1. The molecule has 0 saturated carbocycles. The molecule has 1 N–H and O–H groups in total. The summed E-state index contributed by atoms with van der Waals surface area (Å²) in [5, 5.41) is 11.7. The molecule has 21 heavy (non-hydrogen) atoms. The molecule has 2 aromatic rings. The predicted molar refractivity (Wildman–Crippen MR) is 88.1 cm³/mol. The number of nitrogens with zero attached hydrogens (tertiary/aromatic N) is 1. The van der Waals surface area contributed by atoms with Crippen LogP contribution in [0.3, 0.4) is 0 Å². The minimum atomic E-state index is -0.556. The van der Waals surface area contributed by atoms with E-state index >= 15 is 0 Å². The van der Waals surface area contributed by atoms with Gasteiger partial charge in [-0.25, -0.2) is 4.39 Å². The van der Waals surface area contributed by atoms with Gasteiger partial charge in [-0.1, -0.05) is 26.8 Å². The molecule has 0 aliphatic heterocycles. The Balaban J connectivity index is 0.000000677. The van der Waals surface area contributed by atoms with E-state index in [1.807, 2.05) is 31.1 Å². The molecule has 7 heteroatoms. The monoisotopic (exact) mass is 381 g/mol. The molecule has 112 valence electrons. The Hall–Kier alpha value is -0.306. The van der Waals surface area contributed by atoms with Crippen LogP contribution >= 0.6 is 27.2 Å². The first kappa shape index (κ1) is 18.7. The standard InChI is InChI=1S/C14H15FNOP.2ClH.Ti/c1-16(2)11-9-10(15)7-8-13(11)18-14-6-4-3-5-12(14)17;;;/h3-9,17-18H,1-2H3;2*1H;/q;;;+2/p-2. The summed E-state index contributed by atoms with van der Waals surface area (Å²) in [7, 11) is 13.8.